The predicted octanol–water partition coefficient (Wildman–Crippen LogP) is 10.2. The number of esters is 1. The van der Waals surface area contributed by atoms with E-state index in [1.54, 1.807) is 12.1 Å². The SMILES string of the molecule is CC(C)(C)OC(=O)N1CCC(Cn2ccc3cc(N)ccc32)CC1.COC(=O)c1cc(Cl)ccc1Cc1ccc2c(ccn2CC2CCN(C(=O)OC(C)(C)C)CC2)c1. The number of carbonyl (C=O) groups excluding carboxylic acids is 3. The average Bonchev–Trinajstić information content (AvgIpc) is 3.77. The Labute approximate surface area is 353 Å². The maximum atomic E-state index is 12.3. The Kier molecular flexibility index (Phi) is 13.5. The average molecular weight is 826 g/mol. The Morgan fingerprint density at radius 3 is 1.66 bits per heavy atom. The summed E-state index contributed by atoms with van der Waals surface area (Å²) in [6, 6.07) is 22.1. The molecule has 2 aromatic heterocycles. The first-order valence-electron chi connectivity index (χ1n) is 20.7. The lowest BCUT2D eigenvalue weighted by Crippen LogP contribution is -2.42. The number of piperidine rings is 2. The van der Waals surface area contributed by atoms with Gasteiger partial charge in [0.2, 0.25) is 0 Å². The second-order valence-electron chi connectivity index (χ2n) is 17.9. The van der Waals surface area contributed by atoms with E-state index in [1.807, 2.05) is 69.5 Å². The third-order valence-corrected chi connectivity index (χ3v) is 11.2. The quantitative estimate of drug-likeness (QED) is 0.0985. The molecule has 5 aromatic rings. The molecule has 59 heavy (non-hydrogen) atoms. The predicted molar refractivity (Wildman–Crippen MR) is 235 cm³/mol. The van der Waals surface area contributed by atoms with Crippen molar-refractivity contribution in [2.75, 3.05) is 39.0 Å². The van der Waals surface area contributed by atoms with Crippen LogP contribution in [0.25, 0.3) is 21.8 Å². The van der Waals surface area contributed by atoms with Gasteiger partial charge in [-0.25, -0.2) is 14.4 Å². The largest absolute Gasteiger partial charge is 0.465 e. The molecular weight excluding hydrogens is 766 g/mol. The number of hydrogen-bond donors (Lipinski definition) is 1. The van der Waals surface area contributed by atoms with Crippen LogP contribution in [0.4, 0.5) is 15.3 Å². The normalized spacial score (nSPS) is 15.5. The van der Waals surface area contributed by atoms with Gasteiger partial charge in [-0.2, -0.15) is 0 Å². The molecule has 7 rings (SSSR count). The van der Waals surface area contributed by atoms with Crippen molar-refractivity contribution in [2.45, 2.75) is 97.9 Å². The van der Waals surface area contributed by atoms with Crippen molar-refractivity contribution in [3.8, 4) is 0 Å². The Balaban J connectivity index is 0.000000213. The summed E-state index contributed by atoms with van der Waals surface area (Å²) in [5, 5.41) is 2.86. The van der Waals surface area contributed by atoms with Crippen molar-refractivity contribution in [1.82, 2.24) is 18.9 Å². The number of anilines is 1. The molecule has 2 aliphatic heterocycles. The second kappa shape index (κ2) is 18.4. The summed E-state index contributed by atoms with van der Waals surface area (Å²) in [6.07, 6.45) is 8.41. The van der Waals surface area contributed by atoms with Gasteiger partial charge in [-0.1, -0.05) is 23.7 Å². The van der Waals surface area contributed by atoms with E-state index in [1.165, 1.54) is 28.9 Å². The fourth-order valence-electron chi connectivity index (χ4n) is 7.92. The van der Waals surface area contributed by atoms with Gasteiger partial charge in [0.1, 0.15) is 11.2 Å². The maximum Gasteiger partial charge on any atom is 0.410 e. The lowest BCUT2D eigenvalue weighted by molar-refractivity contribution is 0.0168. The van der Waals surface area contributed by atoms with Crippen molar-refractivity contribution >= 4 is 57.2 Å². The molecule has 0 radical (unpaired) electrons. The zero-order valence-electron chi connectivity index (χ0n) is 35.6. The van der Waals surface area contributed by atoms with Crippen LogP contribution >= 0.6 is 11.6 Å². The number of hydrogen-bond acceptors (Lipinski definition) is 7. The Hall–Kier alpha value is -5.16. The highest BCUT2D eigenvalue weighted by molar-refractivity contribution is 6.31. The van der Waals surface area contributed by atoms with Gasteiger partial charge < -0.3 is 38.9 Å². The van der Waals surface area contributed by atoms with E-state index in [9.17, 15) is 14.4 Å². The fourth-order valence-corrected chi connectivity index (χ4v) is 8.10. The van der Waals surface area contributed by atoms with Crippen LogP contribution in [0.1, 0.15) is 88.7 Å². The number of amides is 2. The summed E-state index contributed by atoms with van der Waals surface area (Å²) in [5.74, 6) is 0.713. The number of nitrogens with zero attached hydrogens (tertiary/aromatic N) is 4. The number of likely N-dealkylation sites (tertiary alicyclic amines) is 2. The minimum Gasteiger partial charge on any atom is -0.465 e. The highest BCUT2D eigenvalue weighted by atomic mass is 35.5. The van der Waals surface area contributed by atoms with Crippen LogP contribution in [0.2, 0.25) is 5.02 Å². The lowest BCUT2D eigenvalue weighted by atomic mass is 9.96. The van der Waals surface area contributed by atoms with Gasteiger partial charge in [-0.05, 0) is 157 Å². The molecular formula is C47H60ClN5O6. The third-order valence-electron chi connectivity index (χ3n) is 10.9. The van der Waals surface area contributed by atoms with Crippen LogP contribution in [0, 0.1) is 11.8 Å². The molecule has 2 aliphatic rings. The number of rotatable bonds is 7. The molecule has 0 spiro atoms. The number of aromatic nitrogens is 2. The third kappa shape index (κ3) is 11.7. The number of methoxy groups -OCH3 is 1. The van der Waals surface area contributed by atoms with E-state index in [-0.39, 0.29) is 18.2 Å². The first kappa shape index (κ1) is 43.4. The number of fused-ring (bicyclic) bond motifs is 2. The number of nitrogens with two attached hydrogens (primary N) is 1. The van der Waals surface area contributed by atoms with E-state index < -0.39 is 11.2 Å². The topological polar surface area (TPSA) is 121 Å². The molecule has 11 nitrogen and oxygen atoms in total. The molecule has 2 amide bonds. The van der Waals surface area contributed by atoms with Crippen LogP contribution < -0.4 is 5.73 Å². The molecule has 2 N–H and O–H groups in total. The summed E-state index contributed by atoms with van der Waals surface area (Å²) >= 11 is 6.09. The Morgan fingerprint density at radius 1 is 0.678 bits per heavy atom. The van der Waals surface area contributed by atoms with Crippen molar-refractivity contribution in [1.29, 1.82) is 0 Å². The molecule has 0 unspecified atom stereocenters. The highest BCUT2D eigenvalue weighted by Crippen LogP contribution is 2.28. The molecule has 4 heterocycles. The van der Waals surface area contributed by atoms with Crippen molar-refractivity contribution in [3.05, 3.63) is 101 Å². The minimum absolute atomic E-state index is 0.192. The van der Waals surface area contributed by atoms with Crippen LogP contribution in [0.15, 0.2) is 79.1 Å². The van der Waals surface area contributed by atoms with Crippen LogP contribution in [0.5, 0.6) is 0 Å². The minimum atomic E-state index is -0.467. The van der Waals surface area contributed by atoms with Gasteiger partial charge in [-0.15, -0.1) is 0 Å². The second-order valence-corrected chi connectivity index (χ2v) is 18.4. The molecule has 0 saturated carbocycles. The first-order valence-corrected chi connectivity index (χ1v) is 21.1. The summed E-state index contributed by atoms with van der Waals surface area (Å²) in [6.45, 7) is 16.3. The zero-order valence-corrected chi connectivity index (χ0v) is 36.4. The van der Waals surface area contributed by atoms with Crippen LogP contribution in [0.3, 0.4) is 0 Å². The number of halogens is 1. The van der Waals surface area contributed by atoms with E-state index in [0.29, 0.717) is 28.8 Å². The molecule has 2 saturated heterocycles. The Bertz CT molecular complexity index is 2250. The molecule has 316 valence electrons. The van der Waals surface area contributed by atoms with Gasteiger partial charge >= 0.3 is 18.2 Å². The van der Waals surface area contributed by atoms with Crippen molar-refractivity contribution in [2.24, 2.45) is 11.8 Å². The highest BCUT2D eigenvalue weighted by Gasteiger charge is 2.28. The van der Waals surface area contributed by atoms with E-state index in [2.05, 4.69) is 57.9 Å². The summed E-state index contributed by atoms with van der Waals surface area (Å²) in [4.78, 5) is 40.3. The number of carbonyl (C=O) groups is 3. The molecule has 2 fully saturated rings. The van der Waals surface area contributed by atoms with Gasteiger partial charge in [0, 0.05) is 78.8 Å². The van der Waals surface area contributed by atoms with E-state index in [4.69, 9.17) is 31.5 Å². The fraction of sp³-hybridized carbons (Fsp3) is 0.468. The standard InChI is InChI=1S/C28H33ClN2O4.C19H27N3O2/c1-28(2,3)35-27(33)30-12-9-19(10-13-30)18-31-14-11-22-16-20(5-8-25(22)31)15-21-6-7-23(29)17-24(21)26(32)34-4;1-19(2,3)24-18(23)21-9-6-14(7-10-21)13-22-11-8-15-12-16(20)4-5-17(15)22/h5-8,11,14,16-17,19H,9-10,12-13,15,18H2,1-4H3;4-5,8,11-12,14H,6-7,9-10,13,20H2,1-3H3. The smallest absolute Gasteiger partial charge is 0.410 e. The van der Waals surface area contributed by atoms with E-state index in [0.717, 1.165) is 81.8 Å². The number of ether oxygens (including phenoxy) is 3. The first-order chi connectivity index (χ1) is 27.9. The Morgan fingerprint density at radius 2 is 1.17 bits per heavy atom. The van der Waals surface area contributed by atoms with E-state index >= 15 is 0 Å². The van der Waals surface area contributed by atoms with Crippen LogP contribution in [-0.2, 0) is 33.7 Å². The molecule has 3 aromatic carbocycles. The summed E-state index contributed by atoms with van der Waals surface area (Å²) in [5.41, 5.74) is 10.7. The molecule has 0 bridgehead atoms. The summed E-state index contributed by atoms with van der Waals surface area (Å²) < 4.78 is 20.5. The molecule has 0 atom stereocenters. The van der Waals surface area contributed by atoms with Gasteiger partial charge in [0.15, 0.2) is 0 Å². The molecule has 12 heteroatoms. The number of nitrogen functional groups attached to an aromatic ring is 1. The number of benzene rings is 3. The van der Waals surface area contributed by atoms with Crippen molar-refractivity contribution in [3.63, 3.8) is 0 Å². The molecule has 0 aliphatic carbocycles. The van der Waals surface area contributed by atoms with Gasteiger partial charge in [0.05, 0.1) is 12.7 Å². The maximum absolute atomic E-state index is 12.3. The van der Waals surface area contributed by atoms with Gasteiger partial charge in [-0.3, -0.25) is 0 Å². The van der Waals surface area contributed by atoms with Crippen LogP contribution in [-0.4, -0.2) is 81.6 Å². The lowest BCUT2D eigenvalue weighted by Gasteiger charge is -2.33. The zero-order chi connectivity index (χ0) is 42.5. The van der Waals surface area contributed by atoms with Crippen molar-refractivity contribution < 1.29 is 28.6 Å². The monoisotopic (exact) mass is 825 g/mol. The van der Waals surface area contributed by atoms with Gasteiger partial charge in [0.25, 0.3) is 0 Å². The summed E-state index contributed by atoms with van der Waals surface area (Å²) in [7, 11) is 1.38.